The minimum absolute atomic E-state index is 0.190. The Bertz CT molecular complexity index is 805. The molecule has 0 saturated heterocycles. The zero-order valence-electron chi connectivity index (χ0n) is 10.2. The molecule has 0 spiro atoms. The van der Waals surface area contributed by atoms with Crippen molar-refractivity contribution in [1.29, 1.82) is 0 Å². The van der Waals surface area contributed by atoms with Gasteiger partial charge in [-0.15, -0.1) is 5.10 Å². The Labute approximate surface area is 125 Å². The molecule has 0 fully saturated rings. The van der Waals surface area contributed by atoms with Gasteiger partial charge in [0.15, 0.2) is 11.0 Å². The number of aromatic nitrogens is 5. The second kappa shape index (κ2) is 4.98. The van der Waals surface area contributed by atoms with Crippen LogP contribution in [0.4, 0.5) is 10.3 Å². The van der Waals surface area contributed by atoms with Gasteiger partial charge >= 0.3 is 0 Å². The zero-order valence-corrected chi connectivity index (χ0v) is 12.6. The van der Waals surface area contributed by atoms with Crippen LogP contribution in [0.3, 0.4) is 0 Å². The summed E-state index contributed by atoms with van der Waals surface area (Å²) in [6, 6.07) is 4.65. The van der Waals surface area contributed by atoms with E-state index in [1.807, 2.05) is 6.26 Å². The third kappa shape index (κ3) is 2.22. The largest absolute Gasteiger partial charge is 0.368 e. The number of hydrogen-bond donors (Lipinski definition) is 1. The molecule has 2 aromatic heterocycles. The van der Waals surface area contributed by atoms with E-state index in [9.17, 15) is 4.39 Å². The number of nitrogen functional groups attached to an aromatic ring is 1. The molecule has 2 heterocycles. The fraction of sp³-hybridized carbons (Fsp3) is 0.0909. The molecule has 6 nitrogen and oxygen atoms in total. The molecule has 102 valence electrons. The predicted octanol–water partition coefficient (Wildman–Crippen LogP) is 2.39. The van der Waals surface area contributed by atoms with E-state index >= 15 is 0 Å². The molecule has 0 atom stereocenters. The number of halogens is 2. The van der Waals surface area contributed by atoms with Crippen molar-refractivity contribution in [3.8, 4) is 11.4 Å². The lowest BCUT2D eigenvalue weighted by atomic mass is 10.2. The molecule has 0 amide bonds. The molecule has 9 heteroatoms. The molecule has 0 unspecified atom stereocenters. The van der Waals surface area contributed by atoms with Crippen LogP contribution >= 0.6 is 27.7 Å². The second-order valence-electron chi connectivity index (χ2n) is 3.84. The predicted molar refractivity (Wildman–Crippen MR) is 77.9 cm³/mol. The highest BCUT2D eigenvalue weighted by Gasteiger charge is 2.13. The topological polar surface area (TPSA) is 82.0 Å². The highest BCUT2D eigenvalue weighted by Crippen LogP contribution is 2.23. The van der Waals surface area contributed by atoms with E-state index in [0.29, 0.717) is 26.8 Å². The quantitative estimate of drug-likeness (QED) is 0.711. The summed E-state index contributed by atoms with van der Waals surface area (Å²) in [5.41, 5.74) is 6.34. The monoisotopic (exact) mass is 354 g/mol. The molecule has 0 aliphatic heterocycles. The molecule has 3 rings (SSSR count). The molecule has 3 aromatic rings. The molecule has 20 heavy (non-hydrogen) atoms. The number of hydrogen-bond acceptors (Lipinski definition) is 6. The van der Waals surface area contributed by atoms with Crippen molar-refractivity contribution >= 4 is 39.4 Å². The smallest absolute Gasteiger partial charge is 0.258 e. The van der Waals surface area contributed by atoms with Gasteiger partial charge in [0.1, 0.15) is 5.82 Å². The number of anilines is 1. The first-order valence-electron chi connectivity index (χ1n) is 5.48. The number of thioether (sulfide) groups is 1. The summed E-state index contributed by atoms with van der Waals surface area (Å²) in [7, 11) is 0. The lowest BCUT2D eigenvalue weighted by Crippen LogP contribution is -2.04. The first-order chi connectivity index (χ1) is 9.58. The number of benzene rings is 1. The Morgan fingerprint density at radius 3 is 2.80 bits per heavy atom. The highest BCUT2D eigenvalue weighted by molar-refractivity contribution is 9.10. The highest BCUT2D eigenvalue weighted by atomic mass is 79.9. The first-order valence-corrected chi connectivity index (χ1v) is 7.50. The van der Waals surface area contributed by atoms with Gasteiger partial charge in [0.2, 0.25) is 5.95 Å². The normalized spacial score (nSPS) is 11.2. The fourth-order valence-electron chi connectivity index (χ4n) is 1.63. The van der Waals surface area contributed by atoms with E-state index < -0.39 is 0 Å². The maximum atomic E-state index is 13.6. The van der Waals surface area contributed by atoms with Crippen molar-refractivity contribution in [3.05, 3.63) is 28.5 Å². The van der Waals surface area contributed by atoms with Gasteiger partial charge in [-0.25, -0.2) is 4.39 Å². The van der Waals surface area contributed by atoms with Crippen LogP contribution in [-0.2, 0) is 0 Å². The minimum Gasteiger partial charge on any atom is -0.368 e. The Kier molecular flexibility index (Phi) is 3.30. The molecule has 0 radical (unpaired) electrons. The van der Waals surface area contributed by atoms with Crippen LogP contribution < -0.4 is 5.73 Å². The van der Waals surface area contributed by atoms with Gasteiger partial charge in [-0.3, -0.25) is 0 Å². The molecular weight excluding hydrogens is 347 g/mol. The Balaban J connectivity index is 2.17. The number of nitrogens with two attached hydrogens (primary N) is 1. The van der Waals surface area contributed by atoms with Gasteiger partial charge in [0.05, 0.1) is 4.47 Å². The SMILES string of the molecule is CSc1nc(N)n2nc(-c3ccc(Br)c(F)c3)nc2n1. The number of nitrogens with zero attached hydrogens (tertiary/aromatic N) is 5. The van der Waals surface area contributed by atoms with Crippen molar-refractivity contribution in [2.24, 2.45) is 0 Å². The number of rotatable bonds is 2. The summed E-state index contributed by atoms with van der Waals surface area (Å²) >= 11 is 4.46. The lowest BCUT2D eigenvalue weighted by Gasteiger charge is -1.98. The Hall–Kier alpha value is -1.74. The van der Waals surface area contributed by atoms with Crippen LogP contribution in [-0.4, -0.2) is 30.8 Å². The van der Waals surface area contributed by atoms with Crippen molar-refractivity contribution < 1.29 is 4.39 Å². The van der Waals surface area contributed by atoms with Crippen LogP contribution in [0.5, 0.6) is 0 Å². The molecular formula is C11H8BrFN6S. The fourth-order valence-corrected chi connectivity index (χ4v) is 2.24. The van der Waals surface area contributed by atoms with Gasteiger partial charge in [-0.2, -0.15) is 19.5 Å². The third-order valence-electron chi connectivity index (χ3n) is 2.57. The molecule has 0 aliphatic rings. The van der Waals surface area contributed by atoms with E-state index in [4.69, 9.17) is 5.73 Å². The number of fused-ring (bicyclic) bond motifs is 1. The standard InChI is InChI=1S/C11H8BrFN6S/c1-20-11-16-9(14)19-10(17-11)15-8(18-19)5-2-3-6(12)7(13)4-5/h2-4H,1H3,(H2,14,15,16,17,18). The van der Waals surface area contributed by atoms with Crippen LogP contribution in [0.15, 0.2) is 27.8 Å². The minimum atomic E-state index is -0.384. The van der Waals surface area contributed by atoms with E-state index in [-0.39, 0.29) is 11.8 Å². The summed E-state index contributed by atoms with van der Waals surface area (Å²) in [4.78, 5) is 12.5. The third-order valence-corrected chi connectivity index (χ3v) is 3.76. The molecule has 0 saturated carbocycles. The van der Waals surface area contributed by atoms with Gasteiger partial charge in [-0.05, 0) is 40.4 Å². The second-order valence-corrected chi connectivity index (χ2v) is 5.47. The summed E-state index contributed by atoms with van der Waals surface area (Å²) in [6.07, 6.45) is 1.84. The van der Waals surface area contributed by atoms with E-state index in [1.165, 1.54) is 22.3 Å². The van der Waals surface area contributed by atoms with Crippen LogP contribution in [0.25, 0.3) is 17.2 Å². The molecule has 0 bridgehead atoms. The van der Waals surface area contributed by atoms with Crippen molar-refractivity contribution in [1.82, 2.24) is 24.6 Å². The maximum Gasteiger partial charge on any atom is 0.258 e. The van der Waals surface area contributed by atoms with Crippen molar-refractivity contribution in [2.75, 3.05) is 12.0 Å². The van der Waals surface area contributed by atoms with Crippen LogP contribution in [0.2, 0.25) is 0 Å². The van der Waals surface area contributed by atoms with Gasteiger partial charge in [0.25, 0.3) is 5.78 Å². The van der Waals surface area contributed by atoms with E-state index in [0.717, 1.165) is 0 Å². The maximum absolute atomic E-state index is 13.6. The van der Waals surface area contributed by atoms with Gasteiger partial charge < -0.3 is 5.73 Å². The van der Waals surface area contributed by atoms with Crippen LogP contribution in [0.1, 0.15) is 0 Å². The van der Waals surface area contributed by atoms with Gasteiger partial charge in [0, 0.05) is 5.56 Å². The summed E-state index contributed by atoms with van der Waals surface area (Å²) < 4.78 is 15.3. The lowest BCUT2D eigenvalue weighted by molar-refractivity contribution is 0.621. The van der Waals surface area contributed by atoms with Crippen molar-refractivity contribution in [3.63, 3.8) is 0 Å². The molecule has 2 N–H and O–H groups in total. The molecule has 0 aliphatic carbocycles. The summed E-state index contributed by atoms with van der Waals surface area (Å²) in [5.74, 6) is 0.483. The average Bonchev–Trinajstić information content (AvgIpc) is 2.86. The zero-order chi connectivity index (χ0) is 14.3. The first kappa shape index (κ1) is 13.3. The summed E-state index contributed by atoms with van der Waals surface area (Å²) in [5, 5.41) is 4.70. The van der Waals surface area contributed by atoms with E-state index in [1.54, 1.807) is 12.1 Å². The van der Waals surface area contributed by atoms with Crippen molar-refractivity contribution in [2.45, 2.75) is 5.16 Å². The van der Waals surface area contributed by atoms with Crippen LogP contribution in [0, 0.1) is 5.82 Å². The van der Waals surface area contributed by atoms with Gasteiger partial charge in [-0.1, -0.05) is 11.8 Å². The Morgan fingerprint density at radius 1 is 1.30 bits per heavy atom. The van der Waals surface area contributed by atoms with E-state index in [2.05, 4.69) is 36.0 Å². The average molecular weight is 355 g/mol. The summed E-state index contributed by atoms with van der Waals surface area (Å²) in [6.45, 7) is 0. The Morgan fingerprint density at radius 2 is 2.10 bits per heavy atom. The molecule has 1 aromatic carbocycles.